The van der Waals surface area contributed by atoms with Crippen LogP contribution >= 0.6 is 0 Å². The fraction of sp³-hybridized carbons (Fsp3) is 0.500. The lowest BCUT2D eigenvalue weighted by molar-refractivity contribution is -0.384. The molecule has 0 atom stereocenters. The van der Waals surface area contributed by atoms with Gasteiger partial charge < -0.3 is 9.80 Å². The molecule has 0 saturated carbocycles. The molecule has 1 aliphatic heterocycles. The zero-order valence-corrected chi connectivity index (χ0v) is 16.1. The van der Waals surface area contributed by atoms with Gasteiger partial charge in [-0.2, -0.15) is 0 Å². The van der Waals surface area contributed by atoms with Gasteiger partial charge >= 0.3 is 0 Å². The van der Waals surface area contributed by atoms with Crippen molar-refractivity contribution in [2.45, 2.75) is 33.1 Å². The molecule has 0 radical (unpaired) electrons. The fourth-order valence-electron chi connectivity index (χ4n) is 3.43. The summed E-state index contributed by atoms with van der Waals surface area (Å²) in [5.41, 5.74) is 1.87. The summed E-state index contributed by atoms with van der Waals surface area (Å²) < 4.78 is 0. The molecule has 1 fully saturated rings. The van der Waals surface area contributed by atoms with Crippen molar-refractivity contribution in [3.05, 3.63) is 46.1 Å². The predicted octanol–water partition coefficient (Wildman–Crippen LogP) is 3.54. The van der Waals surface area contributed by atoms with E-state index in [9.17, 15) is 10.1 Å². The Kier molecular flexibility index (Phi) is 6.34. The second-order valence-electron chi connectivity index (χ2n) is 6.88. The fourth-order valence-corrected chi connectivity index (χ4v) is 3.43. The number of benzene rings is 1. The Balaban J connectivity index is 1.86. The Hall–Kier alpha value is -2.54. The predicted molar refractivity (Wildman–Crippen MR) is 107 cm³/mol. The van der Waals surface area contributed by atoms with Crippen molar-refractivity contribution in [3.8, 4) is 11.4 Å². The van der Waals surface area contributed by atoms with E-state index in [1.807, 2.05) is 0 Å². The van der Waals surface area contributed by atoms with Gasteiger partial charge in [-0.25, -0.2) is 9.97 Å². The molecular weight excluding hydrogens is 342 g/mol. The lowest BCUT2D eigenvalue weighted by atomic mass is 10.2. The van der Waals surface area contributed by atoms with Gasteiger partial charge in [0, 0.05) is 49.1 Å². The summed E-state index contributed by atoms with van der Waals surface area (Å²) in [4.78, 5) is 24.8. The van der Waals surface area contributed by atoms with Crippen molar-refractivity contribution >= 4 is 11.5 Å². The van der Waals surface area contributed by atoms with Crippen LogP contribution in [0, 0.1) is 10.1 Å². The Morgan fingerprint density at radius 2 is 1.85 bits per heavy atom. The van der Waals surface area contributed by atoms with Gasteiger partial charge in [-0.3, -0.25) is 10.1 Å². The van der Waals surface area contributed by atoms with Crippen LogP contribution in [0.5, 0.6) is 0 Å². The summed E-state index contributed by atoms with van der Waals surface area (Å²) in [5, 5.41) is 10.9. The molecule has 2 heterocycles. The quantitative estimate of drug-likeness (QED) is 0.573. The molecule has 27 heavy (non-hydrogen) atoms. The van der Waals surface area contributed by atoms with Crippen molar-refractivity contribution in [2.75, 3.05) is 37.6 Å². The number of nitrogens with zero attached hydrogens (tertiary/aromatic N) is 5. The summed E-state index contributed by atoms with van der Waals surface area (Å²) in [6.45, 7) is 9.57. The molecule has 2 aromatic rings. The van der Waals surface area contributed by atoms with Crippen LogP contribution in [0.4, 0.5) is 11.5 Å². The first-order chi connectivity index (χ1) is 13.1. The summed E-state index contributed by atoms with van der Waals surface area (Å²) in [6.07, 6.45) is 3.13. The van der Waals surface area contributed by atoms with Crippen LogP contribution in [0.2, 0.25) is 0 Å². The van der Waals surface area contributed by atoms with Crippen molar-refractivity contribution in [2.24, 2.45) is 0 Å². The van der Waals surface area contributed by atoms with E-state index < -0.39 is 4.92 Å². The number of nitro groups is 1. The Morgan fingerprint density at radius 1 is 1.07 bits per heavy atom. The van der Waals surface area contributed by atoms with Crippen LogP contribution in [0.3, 0.4) is 0 Å². The van der Waals surface area contributed by atoms with Gasteiger partial charge in [0.2, 0.25) is 0 Å². The standard InChI is InChI=1S/C20H27N5O2/c1-3-10-23-11-5-12-24(14-13-23)19-15-17(4-2)21-20(22-19)16-6-8-18(9-7-16)25(26)27/h6-9,15H,3-5,10-14H2,1-2H3. The summed E-state index contributed by atoms with van der Waals surface area (Å²) >= 11 is 0. The first kappa shape index (κ1) is 19.2. The average molecular weight is 369 g/mol. The van der Waals surface area contributed by atoms with Crippen molar-refractivity contribution in [1.29, 1.82) is 0 Å². The lowest BCUT2D eigenvalue weighted by Gasteiger charge is -2.23. The third-order valence-electron chi connectivity index (χ3n) is 4.92. The molecule has 1 aromatic carbocycles. The first-order valence-corrected chi connectivity index (χ1v) is 9.70. The summed E-state index contributed by atoms with van der Waals surface area (Å²) in [6, 6.07) is 8.53. The van der Waals surface area contributed by atoms with E-state index in [1.54, 1.807) is 12.1 Å². The summed E-state index contributed by atoms with van der Waals surface area (Å²) in [5.74, 6) is 1.59. The average Bonchev–Trinajstić information content (AvgIpc) is 2.93. The Morgan fingerprint density at radius 3 is 2.52 bits per heavy atom. The number of hydrogen-bond acceptors (Lipinski definition) is 6. The van der Waals surface area contributed by atoms with Crippen LogP contribution in [-0.2, 0) is 6.42 Å². The van der Waals surface area contributed by atoms with Crippen molar-refractivity contribution in [3.63, 3.8) is 0 Å². The van der Waals surface area contributed by atoms with Crippen LogP contribution in [0.1, 0.15) is 32.4 Å². The minimum atomic E-state index is -0.391. The molecule has 0 N–H and O–H groups in total. The first-order valence-electron chi connectivity index (χ1n) is 9.70. The molecule has 0 amide bonds. The Labute approximate surface area is 160 Å². The van der Waals surface area contributed by atoms with E-state index in [0.29, 0.717) is 5.82 Å². The Bertz CT molecular complexity index is 778. The molecule has 3 rings (SSSR count). The van der Waals surface area contributed by atoms with Gasteiger partial charge in [-0.05, 0) is 44.5 Å². The van der Waals surface area contributed by atoms with Gasteiger partial charge in [-0.1, -0.05) is 13.8 Å². The largest absolute Gasteiger partial charge is 0.355 e. The second kappa shape index (κ2) is 8.90. The molecule has 0 bridgehead atoms. The number of hydrogen-bond donors (Lipinski definition) is 0. The van der Waals surface area contributed by atoms with E-state index in [0.717, 1.165) is 62.6 Å². The topological polar surface area (TPSA) is 75.4 Å². The molecule has 7 nitrogen and oxygen atoms in total. The van der Waals surface area contributed by atoms with Gasteiger partial charge in [-0.15, -0.1) is 0 Å². The maximum Gasteiger partial charge on any atom is 0.269 e. The monoisotopic (exact) mass is 369 g/mol. The highest BCUT2D eigenvalue weighted by Crippen LogP contribution is 2.23. The van der Waals surface area contributed by atoms with Crippen molar-refractivity contribution in [1.82, 2.24) is 14.9 Å². The van der Waals surface area contributed by atoms with Gasteiger partial charge in [0.05, 0.1) is 4.92 Å². The molecule has 7 heteroatoms. The molecule has 1 saturated heterocycles. The smallest absolute Gasteiger partial charge is 0.269 e. The van der Waals surface area contributed by atoms with Crippen LogP contribution in [-0.4, -0.2) is 52.5 Å². The van der Waals surface area contributed by atoms with E-state index in [2.05, 4.69) is 34.7 Å². The van der Waals surface area contributed by atoms with E-state index in [-0.39, 0.29) is 5.69 Å². The maximum atomic E-state index is 10.9. The van der Waals surface area contributed by atoms with Crippen LogP contribution in [0.15, 0.2) is 30.3 Å². The van der Waals surface area contributed by atoms with E-state index in [4.69, 9.17) is 4.98 Å². The molecule has 0 spiro atoms. The van der Waals surface area contributed by atoms with E-state index >= 15 is 0 Å². The summed E-state index contributed by atoms with van der Waals surface area (Å²) in [7, 11) is 0. The van der Waals surface area contributed by atoms with Crippen molar-refractivity contribution < 1.29 is 4.92 Å². The van der Waals surface area contributed by atoms with E-state index in [1.165, 1.54) is 18.6 Å². The minimum absolute atomic E-state index is 0.0779. The number of anilines is 1. The minimum Gasteiger partial charge on any atom is -0.355 e. The molecule has 1 aliphatic rings. The molecule has 0 unspecified atom stereocenters. The zero-order valence-electron chi connectivity index (χ0n) is 16.1. The number of aryl methyl sites for hydroxylation is 1. The number of nitro benzene ring substituents is 1. The highest BCUT2D eigenvalue weighted by Gasteiger charge is 2.17. The normalized spacial score (nSPS) is 15.6. The lowest BCUT2D eigenvalue weighted by Crippen LogP contribution is -2.31. The third kappa shape index (κ3) is 4.80. The SMILES string of the molecule is CCCN1CCCN(c2cc(CC)nc(-c3ccc([N+](=O)[O-])cc3)n2)CC1. The highest BCUT2D eigenvalue weighted by molar-refractivity contribution is 5.60. The number of rotatable bonds is 6. The van der Waals surface area contributed by atoms with Gasteiger partial charge in [0.25, 0.3) is 5.69 Å². The molecule has 0 aliphatic carbocycles. The third-order valence-corrected chi connectivity index (χ3v) is 4.92. The number of non-ortho nitro benzene ring substituents is 1. The molecule has 1 aromatic heterocycles. The van der Waals surface area contributed by atoms with Crippen LogP contribution < -0.4 is 4.90 Å². The van der Waals surface area contributed by atoms with Gasteiger partial charge in [0.1, 0.15) is 5.82 Å². The molecule has 144 valence electrons. The number of aromatic nitrogens is 2. The second-order valence-corrected chi connectivity index (χ2v) is 6.88. The zero-order chi connectivity index (χ0) is 19.2. The molecular formula is C20H27N5O2. The highest BCUT2D eigenvalue weighted by atomic mass is 16.6. The van der Waals surface area contributed by atoms with Crippen LogP contribution in [0.25, 0.3) is 11.4 Å². The maximum absolute atomic E-state index is 10.9. The van der Waals surface area contributed by atoms with Gasteiger partial charge in [0.15, 0.2) is 5.82 Å².